The number of benzene rings is 2. The molecule has 2 aromatic rings. The number of rotatable bonds is 3. The summed E-state index contributed by atoms with van der Waals surface area (Å²) in [4.78, 5) is 15.0. The average Bonchev–Trinajstić information content (AvgIpc) is 3.02. The highest BCUT2D eigenvalue weighted by Crippen LogP contribution is 2.34. The first-order valence-electron chi connectivity index (χ1n) is 10.0. The zero-order valence-corrected chi connectivity index (χ0v) is 18.8. The fourth-order valence-corrected chi connectivity index (χ4v) is 6.41. The minimum Gasteiger partial charge on any atom is -0.373 e. The first kappa shape index (κ1) is 21.3. The van der Waals surface area contributed by atoms with Crippen LogP contribution in [0.5, 0.6) is 0 Å². The molecule has 1 fully saturated rings. The van der Waals surface area contributed by atoms with Crippen molar-refractivity contribution in [2.75, 3.05) is 18.0 Å². The Balaban J connectivity index is 1.69. The highest BCUT2D eigenvalue weighted by molar-refractivity contribution is 7.89. The summed E-state index contributed by atoms with van der Waals surface area (Å²) < 4.78 is 33.7. The van der Waals surface area contributed by atoms with Crippen molar-refractivity contribution in [1.29, 1.82) is 0 Å². The quantitative estimate of drug-likeness (QED) is 0.717. The molecule has 0 aliphatic carbocycles. The Bertz CT molecular complexity index is 1080. The number of carbonyl (C=O) groups excluding carboxylic acids is 1. The molecule has 0 N–H and O–H groups in total. The molecule has 30 heavy (non-hydrogen) atoms. The van der Waals surface area contributed by atoms with Gasteiger partial charge in [0, 0.05) is 30.4 Å². The lowest BCUT2D eigenvalue weighted by Crippen LogP contribution is -2.48. The standard InChI is InChI=1S/C22H25ClN2O4S/c1-14-10-17-6-4-5-7-20(17)25(14)22(26)18-8-9-19(23)21(11-18)30(27,28)24-12-15(2)29-16(3)13-24/h4-9,11,14-16H,10,12-13H2,1-3H3/t14-,15-,16+/m0/s1. The molecule has 0 unspecified atom stereocenters. The summed E-state index contributed by atoms with van der Waals surface area (Å²) >= 11 is 6.28. The summed E-state index contributed by atoms with van der Waals surface area (Å²) in [7, 11) is -3.86. The van der Waals surface area contributed by atoms with Gasteiger partial charge >= 0.3 is 0 Å². The number of amides is 1. The van der Waals surface area contributed by atoms with Crippen LogP contribution in [-0.2, 0) is 21.2 Å². The molecule has 2 heterocycles. The zero-order valence-electron chi connectivity index (χ0n) is 17.2. The molecular weight excluding hydrogens is 424 g/mol. The smallest absolute Gasteiger partial charge is 0.258 e. The van der Waals surface area contributed by atoms with Crippen molar-refractivity contribution in [3.63, 3.8) is 0 Å². The molecule has 1 saturated heterocycles. The number of sulfonamides is 1. The van der Waals surface area contributed by atoms with Crippen molar-refractivity contribution in [2.45, 2.75) is 50.3 Å². The van der Waals surface area contributed by atoms with Crippen molar-refractivity contribution in [3.05, 3.63) is 58.6 Å². The zero-order chi connectivity index (χ0) is 21.6. The first-order chi connectivity index (χ1) is 14.2. The van der Waals surface area contributed by atoms with E-state index in [9.17, 15) is 13.2 Å². The number of nitrogens with zero attached hydrogens (tertiary/aromatic N) is 2. The fraction of sp³-hybridized carbons (Fsp3) is 0.409. The Morgan fingerprint density at radius 2 is 1.73 bits per heavy atom. The number of fused-ring (bicyclic) bond motifs is 1. The predicted octanol–water partition coefficient (Wildman–Crippen LogP) is 3.73. The van der Waals surface area contributed by atoms with E-state index in [1.807, 2.05) is 45.0 Å². The minimum absolute atomic E-state index is 0.00780. The van der Waals surface area contributed by atoms with Crippen molar-refractivity contribution in [3.8, 4) is 0 Å². The van der Waals surface area contributed by atoms with Crippen LogP contribution >= 0.6 is 11.6 Å². The molecule has 0 aromatic heterocycles. The molecule has 4 rings (SSSR count). The van der Waals surface area contributed by atoms with Crippen LogP contribution in [0, 0.1) is 0 Å². The van der Waals surface area contributed by atoms with Gasteiger partial charge < -0.3 is 9.64 Å². The third kappa shape index (κ3) is 3.75. The summed E-state index contributed by atoms with van der Waals surface area (Å²) in [6, 6.07) is 12.2. The molecule has 6 nitrogen and oxygen atoms in total. The Morgan fingerprint density at radius 1 is 1.07 bits per heavy atom. The van der Waals surface area contributed by atoms with Gasteiger partial charge in [-0.25, -0.2) is 8.42 Å². The number of halogens is 1. The predicted molar refractivity (Wildman–Crippen MR) is 117 cm³/mol. The normalized spacial score (nSPS) is 24.7. The summed E-state index contributed by atoms with van der Waals surface area (Å²) in [6.07, 6.45) is 0.340. The molecule has 0 bridgehead atoms. The topological polar surface area (TPSA) is 66.9 Å². The fourth-order valence-electron chi connectivity index (χ4n) is 4.31. The number of anilines is 1. The molecule has 1 amide bonds. The number of hydrogen-bond acceptors (Lipinski definition) is 4. The Labute approximate surface area is 182 Å². The van der Waals surface area contributed by atoms with E-state index in [1.165, 1.54) is 16.4 Å². The molecule has 3 atom stereocenters. The number of ether oxygens (including phenoxy) is 1. The van der Waals surface area contributed by atoms with Crippen molar-refractivity contribution in [1.82, 2.24) is 4.31 Å². The van der Waals surface area contributed by atoms with Crippen LogP contribution in [0.2, 0.25) is 5.02 Å². The highest BCUT2D eigenvalue weighted by atomic mass is 35.5. The van der Waals surface area contributed by atoms with E-state index in [4.69, 9.17) is 16.3 Å². The monoisotopic (exact) mass is 448 g/mol. The van der Waals surface area contributed by atoms with Gasteiger partial charge in [0.25, 0.3) is 5.91 Å². The van der Waals surface area contributed by atoms with Gasteiger partial charge in [-0.15, -0.1) is 0 Å². The van der Waals surface area contributed by atoms with Gasteiger partial charge in [0.2, 0.25) is 10.0 Å². The first-order valence-corrected chi connectivity index (χ1v) is 11.9. The van der Waals surface area contributed by atoms with Crippen LogP contribution in [0.15, 0.2) is 47.4 Å². The second-order valence-electron chi connectivity index (χ2n) is 8.08. The van der Waals surface area contributed by atoms with Crippen molar-refractivity contribution >= 4 is 33.2 Å². The van der Waals surface area contributed by atoms with E-state index in [1.54, 1.807) is 11.0 Å². The molecule has 2 aliphatic rings. The minimum atomic E-state index is -3.86. The second-order valence-corrected chi connectivity index (χ2v) is 10.4. The van der Waals surface area contributed by atoms with E-state index < -0.39 is 10.0 Å². The maximum Gasteiger partial charge on any atom is 0.258 e. The Kier molecular flexibility index (Phi) is 5.66. The molecule has 0 saturated carbocycles. The van der Waals surface area contributed by atoms with Gasteiger partial charge in [-0.05, 0) is 57.0 Å². The van der Waals surface area contributed by atoms with Gasteiger partial charge in [0.1, 0.15) is 4.90 Å². The van der Waals surface area contributed by atoms with Crippen molar-refractivity contribution in [2.24, 2.45) is 0 Å². The highest BCUT2D eigenvalue weighted by Gasteiger charge is 2.35. The van der Waals surface area contributed by atoms with Crippen LogP contribution in [0.1, 0.15) is 36.7 Å². The lowest BCUT2D eigenvalue weighted by Gasteiger charge is -2.34. The molecule has 0 radical (unpaired) electrons. The Morgan fingerprint density at radius 3 is 2.43 bits per heavy atom. The maximum atomic E-state index is 13.3. The van der Waals surface area contributed by atoms with Crippen LogP contribution < -0.4 is 4.90 Å². The van der Waals surface area contributed by atoms with Gasteiger partial charge in [-0.3, -0.25) is 4.79 Å². The number of para-hydroxylation sites is 1. The molecular formula is C22H25ClN2O4S. The number of morpholine rings is 1. The van der Waals surface area contributed by atoms with E-state index in [-0.39, 0.29) is 47.2 Å². The molecule has 160 valence electrons. The van der Waals surface area contributed by atoms with E-state index in [0.717, 1.165) is 17.7 Å². The van der Waals surface area contributed by atoms with Gasteiger partial charge in [-0.1, -0.05) is 29.8 Å². The maximum absolute atomic E-state index is 13.3. The van der Waals surface area contributed by atoms with Gasteiger partial charge in [-0.2, -0.15) is 4.31 Å². The summed E-state index contributed by atoms with van der Waals surface area (Å²) in [6.45, 7) is 6.16. The number of carbonyl (C=O) groups is 1. The molecule has 2 aliphatic heterocycles. The van der Waals surface area contributed by atoms with E-state index >= 15 is 0 Å². The SMILES string of the molecule is C[C@@H]1CN(S(=O)(=O)c2cc(C(=O)N3c4ccccc4C[C@@H]3C)ccc2Cl)C[C@H](C)O1. The second kappa shape index (κ2) is 7.96. The van der Waals surface area contributed by atoms with E-state index in [0.29, 0.717) is 5.56 Å². The summed E-state index contributed by atoms with van der Waals surface area (Å²) in [5.41, 5.74) is 2.28. The third-order valence-electron chi connectivity index (χ3n) is 5.61. The van der Waals surface area contributed by atoms with Crippen molar-refractivity contribution < 1.29 is 17.9 Å². The van der Waals surface area contributed by atoms with Crippen LogP contribution in [0.3, 0.4) is 0 Å². The summed E-state index contributed by atoms with van der Waals surface area (Å²) in [5.74, 6) is -0.232. The Hall–Kier alpha value is -1.93. The largest absolute Gasteiger partial charge is 0.373 e. The lowest BCUT2D eigenvalue weighted by molar-refractivity contribution is -0.0440. The molecule has 0 spiro atoms. The molecule has 8 heteroatoms. The lowest BCUT2D eigenvalue weighted by atomic mass is 10.1. The van der Waals surface area contributed by atoms with E-state index in [2.05, 4.69) is 0 Å². The van der Waals surface area contributed by atoms with Gasteiger partial charge in [0.05, 0.1) is 17.2 Å². The average molecular weight is 449 g/mol. The third-order valence-corrected chi connectivity index (χ3v) is 7.92. The van der Waals surface area contributed by atoms with Crippen LogP contribution in [0.25, 0.3) is 0 Å². The van der Waals surface area contributed by atoms with Crippen LogP contribution in [-0.4, -0.2) is 50.0 Å². The summed E-state index contributed by atoms with van der Waals surface area (Å²) in [5, 5.41) is 0.105. The van der Waals surface area contributed by atoms with Crippen LogP contribution in [0.4, 0.5) is 5.69 Å². The molecule has 2 aromatic carbocycles. The number of hydrogen-bond donors (Lipinski definition) is 0. The van der Waals surface area contributed by atoms with Gasteiger partial charge in [0.15, 0.2) is 0 Å².